The van der Waals surface area contributed by atoms with Crippen LogP contribution in [0.3, 0.4) is 0 Å². The molecule has 1 saturated heterocycles. The van der Waals surface area contributed by atoms with E-state index < -0.39 is 0 Å². The highest BCUT2D eigenvalue weighted by Gasteiger charge is 2.33. The molecule has 1 fully saturated rings. The van der Waals surface area contributed by atoms with E-state index in [0.29, 0.717) is 5.75 Å². The minimum absolute atomic E-state index is 0.0219. The number of hydrogen-bond acceptors (Lipinski definition) is 4. The average molecular weight is 385 g/mol. The zero-order valence-corrected chi connectivity index (χ0v) is 16.4. The minimum Gasteiger partial charge on any atom is -0.341 e. The van der Waals surface area contributed by atoms with E-state index in [1.165, 1.54) is 24.6 Å². The number of nitrogens with zero attached hydrogens (tertiary/aromatic N) is 4. The van der Waals surface area contributed by atoms with Gasteiger partial charge in [-0.2, -0.15) is 5.10 Å². The molecule has 0 N–H and O–H groups in total. The zero-order chi connectivity index (χ0) is 18.8. The smallest absolute Gasteiger partial charge is 0.242 e. The molecule has 6 nitrogen and oxygen atoms in total. The van der Waals surface area contributed by atoms with Crippen LogP contribution in [-0.2, 0) is 9.59 Å². The molecule has 2 aromatic rings. The number of carbonyl (C=O) groups is 2. The Morgan fingerprint density at radius 1 is 1.11 bits per heavy atom. The van der Waals surface area contributed by atoms with Crippen LogP contribution in [0.15, 0.2) is 35.4 Å². The van der Waals surface area contributed by atoms with Crippen molar-refractivity contribution in [3.8, 4) is 5.69 Å². The molecule has 2 aliphatic rings. The van der Waals surface area contributed by atoms with Gasteiger partial charge in [0, 0.05) is 13.1 Å². The summed E-state index contributed by atoms with van der Waals surface area (Å²) in [6.07, 6.45) is 4.45. The first-order valence-corrected chi connectivity index (χ1v) is 10.5. The van der Waals surface area contributed by atoms with Crippen LogP contribution in [0.5, 0.6) is 0 Å². The SMILES string of the molecule is Cc1nn(-c2ccccc2)c2c1N(CC(=O)N1CCCCCC1)C(=O)CS2. The van der Waals surface area contributed by atoms with Crippen LogP contribution in [0.4, 0.5) is 5.69 Å². The van der Waals surface area contributed by atoms with E-state index >= 15 is 0 Å². The maximum absolute atomic E-state index is 12.9. The van der Waals surface area contributed by atoms with Crippen LogP contribution in [-0.4, -0.2) is 51.9 Å². The van der Waals surface area contributed by atoms with Gasteiger partial charge in [0.25, 0.3) is 0 Å². The number of anilines is 1. The monoisotopic (exact) mass is 384 g/mol. The molecule has 0 spiro atoms. The summed E-state index contributed by atoms with van der Waals surface area (Å²) in [6.45, 7) is 3.60. The highest BCUT2D eigenvalue weighted by molar-refractivity contribution is 8.00. The van der Waals surface area contributed by atoms with Crippen LogP contribution >= 0.6 is 11.8 Å². The van der Waals surface area contributed by atoms with Crippen LogP contribution < -0.4 is 4.90 Å². The Morgan fingerprint density at radius 2 is 1.81 bits per heavy atom. The Hall–Kier alpha value is -2.28. The summed E-state index contributed by atoms with van der Waals surface area (Å²) in [5, 5.41) is 5.59. The van der Waals surface area contributed by atoms with E-state index in [9.17, 15) is 9.59 Å². The van der Waals surface area contributed by atoms with Crippen molar-refractivity contribution in [1.82, 2.24) is 14.7 Å². The maximum Gasteiger partial charge on any atom is 0.242 e. The minimum atomic E-state index is -0.0219. The van der Waals surface area contributed by atoms with Gasteiger partial charge in [-0.15, -0.1) is 0 Å². The largest absolute Gasteiger partial charge is 0.341 e. The van der Waals surface area contributed by atoms with E-state index in [0.717, 1.165) is 48.0 Å². The van der Waals surface area contributed by atoms with Gasteiger partial charge in [0.1, 0.15) is 11.6 Å². The van der Waals surface area contributed by atoms with E-state index in [1.807, 2.05) is 46.8 Å². The first-order valence-electron chi connectivity index (χ1n) is 9.51. The summed E-state index contributed by atoms with van der Waals surface area (Å²) in [5.41, 5.74) is 2.52. The van der Waals surface area contributed by atoms with Crippen molar-refractivity contribution in [3.63, 3.8) is 0 Å². The molecule has 2 aliphatic heterocycles. The number of fused-ring (bicyclic) bond motifs is 1. The second-order valence-electron chi connectivity index (χ2n) is 7.05. The number of likely N-dealkylation sites (tertiary alicyclic amines) is 1. The molecule has 0 saturated carbocycles. The van der Waals surface area contributed by atoms with Crippen molar-refractivity contribution in [1.29, 1.82) is 0 Å². The molecule has 4 rings (SSSR count). The summed E-state index contributed by atoms with van der Waals surface area (Å²) in [7, 11) is 0. The summed E-state index contributed by atoms with van der Waals surface area (Å²) < 4.78 is 1.88. The number of hydrogen-bond donors (Lipinski definition) is 0. The number of aryl methyl sites for hydroxylation is 1. The molecule has 142 valence electrons. The molecule has 0 atom stereocenters. The molecule has 0 aliphatic carbocycles. The molecular weight excluding hydrogens is 360 g/mol. The summed E-state index contributed by atoms with van der Waals surface area (Å²) >= 11 is 1.49. The normalized spacial score (nSPS) is 17.6. The molecule has 27 heavy (non-hydrogen) atoms. The van der Waals surface area contributed by atoms with Gasteiger partial charge in [-0.05, 0) is 31.9 Å². The van der Waals surface area contributed by atoms with E-state index in [1.54, 1.807) is 4.90 Å². The topological polar surface area (TPSA) is 58.4 Å². The Morgan fingerprint density at radius 3 is 2.52 bits per heavy atom. The second-order valence-corrected chi connectivity index (χ2v) is 8.01. The van der Waals surface area contributed by atoms with Crippen LogP contribution in [0.2, 0.25) is 0 Å². The third kappa shape index (κ3) is 3.60. The first-order chi connectivity index (χ1) is 13.1. The van der Waals surface area contributed by atoms with Gasteiger partial charge in [-0.3, -0.25) is 14.5 Å². The number of benzene rings is 1. The lowest BCUT2D eigenvalue weighted by Gasteiger charge is -2.29. The predicted molar refractivity (Wildman–Crippen MR) is 106 cm³/mol. The number of aromatic nitrogens is 2. The zero-order valence-electron chi connectivity index (χ0n) is 15.6. The molecule has 2 amide bonds. The lowest BCUT2D eigenvalue weighted by molar-refractivity contribution is -0.131. The quantitative estimate of drug-likeness (QED) is 0.816. The summed E-state index contributed by atoms with van der Waals surface area (Å²) in [6, 6.07) is 9.90. The predicted octanol–water partition coefficient (Wildman–Crippen LogP) is 3.02. The van der Waals surface area contributed by atoms with Gasteiger partial charge in [-0.25, -0.2) is 4.68 Å². The fourth-order valence-electron chi connectivity index (χ4n) is 3.74. The molecule has 1 aromatic heterocycles. The van der Waals surface area contributed by atoms with Gasteiger partial charge in [-0.1, -0.05) is 42.8 Å². The summed E-state index contributed by atoms with van der Waals surface area (Å²) in [5.74, 6) is 0.347. The number of carbonyl (C=O) groups excluding carboxylic acids is 2. The van der Waals surface area contributed by atoms with Gasteiger partial charge < -0.3 is 4.90 Å². The number of para-hydroxylation sites is 1. The summed E-state index contributed by atoms with van der Waals surface area (Å²) in [4.78, 5) is 29.1. The number of amides is 2. The third-order valence-electron chi connectivity index (χ3n) is 5.14. The molecule has 0 unspecified atom stereocenters. The van der Waals surface area contributed by atoms with E-state index in [-0.39, 0.29) is 18.4 Å². The Kier molecular flexibility index (Phi) is 5.20. The average Bonchev–Trinajstić information content (AvgIpc) is 2.86. The van der Waals surface area contributed by atoms with Crippen LogP contribution in [0.1, 0.15) is 31.4 Å². The highest BCUT2D eigenvalue weighted by Crippen LogP contribution is 2.39. The first kappa shape index (κ1) is 18.1. The molecule has 3 heterocycles. The van der Waals surface area contributed by atoms with Gasteiger partial charge in [0.2, 0.25) is 11.8 Å². The Bertz CT molecular complexity index is 841. The number of thioether (sulfide) groups is 1. The van der Waals surface area contributed by atoms with Crippen molar-refractivity contribution in [2.24, 2.45) is 0 Å². The van der Waals surface area contributed by atoms with Gasteiger partial charge in [0.15, 0.2) is 0 Å². The maximum atomic E-state index is 12.9. The molecule has 0 radical (unpaired) electrons. The molecule has 7 heteroatoms. The van der Waals surface area contributed by atoms with Crippen LogP contribution in [0.25, 0.3) is 5.69 Å². The third-order valence-corrected chi connectivity index (χ3v) is 6.17. The fourth-order valence-corrected chi connectivity index (χ4v) is 4.82. The standard InChI is InChI=1S/C20H24N4O2S/c1-15-19-20(24(21-15)16-9-5-4-6-10-16)27-14-18(26)23(19)13-17(25)22-11-7-2-3-8-12-22/h4-6,9-10H,2-3,7-8,11-14H2,1H3. The van der Waals surface area contributed by atoms with E-state index in [2.05, 4.69) is 5.10 Å². The lowest BCUT2D eigenvalue weighted by atomic mass is 10.2. The highest BCUT2D eigenvalue weighted by atomic mass is 32.2. The molecule has 1 aromatic carbocycles. The van der Waals surface area contributed by atoms with Crippen molar-refractivity contribution in [2.75, 3.05) is 30.3 Å². The number of rotatable bonds is 3. The van der Waals surface area contributed by atoms with Crippen molar-refractivity contribution >= 4 is 29.3 Å². The molecule has 0 bridgehead atoms. The van der Waals surface area contributed by atoms with Crippen molar-refractivity contribution in [2.45, 2.75) is 37.6 Å². The Labute approximate surface area is 163 Å². The van der Waals surface area contributed by atoms with Crippen molar-refractivity contribution in [3.05, 3.63) is 36.0 Å². The van der Waals surface area contributed by atoms with Gasteiger partial charge >= 0.3 is 0 Å². The van der Waals surface area contributed by atoms with Crippen LogP contribution in [0, 0.1) is 6.92 Å². The fraction of sp³-hybridized carbons (Fsp3) is 0.450. The molecular formula is C20H24N4O2S. The van der Waals surface area contributed by atoms with Crippen molar-refractivity contribution < 1.29 is 9.59 Å². The Balaban J connectivity index is 1.63. The second kappa shape index (κ2) is 7.76. The lowest BCUT2D eigenvalue weighted by Crippen LogP contribution is -2.45. The van der Waals surface area contributed by atoms with Gasteiger partial charge in [0.05, 0.1) is 22.8 Å². The van der Waals surface area contributed by atoms with E-state index in [4.69, 9.17) is 0 Å².